The third-order valence-electron chi connectivity index (χ3n) is 4.45. The van der Waals surface area contributed by atoms with Crippen molar-refractivity contribution < 1.29 is 9.47 Å². The van der Waals surface area contributed by atoms with Crippen LogP contribution in [0.1, 0.15) is 11.1 Å². The fourth-order valence-electron chi connectivity index (χ4n) is 2.99. The molecule has 8 heteroatoms. The van der Waals surface area contributed by atoms with Crippen molar-refractivity contribution in [2.45, 2.75) is 13.2 Å². The minimum Gasteiger partial charge on any atom is -0.493 e. The molecule has 0 saturated heterocycles. The summed E-state index contributed by atoms with van der Waals surface area (Å²) >= 11 is 18.1. The number of hydrogen-bond donors (Lipinski definition) is 0. The highest BCUT2D eigenvalue weighted by molar-refractivity contribution is 6.42. The maximum absolute atomic E-state index is 6.20. The van der Waals surface area contributed by atoms with Crippen molar-refractivity contribution in [2.24, 2.45) is 4.99 Å². The fraction of sp³-hybridized carbons (Fsp3) is 0.143. The molecule has 0 bridgehead atoms. The highest BCUT2D eigenvalue weighted by Crippen LogP contribution is 2.40. The van der Waals surface area contributed by atoms with E-state index in [1.807, 2.05) is 29.2 Å². The zero-order valence-electron chi connectivity index (χ0n) is 15.4. The summed E-state index contributed by atoms with van der Waals surface area (Å²) in [5.74, 6) is 1.25. The first-order chi connectivity index (χ1) is 14.0. The number of pyridine rings is 1. The van der Waals surface area contributed by atoms with Crippen LogP contribution in [0.5, 0.6) is 11.5 Å². The van der Waals surface area contributed by atoms with Gasteiger partial charge in [0, 0.05) is 29.1 Å². The first-order valence-corrected chi connectivity index (χ1v) is 9.87. The third kappa shape index (κ3) is 4.27. The molecule has 1 aliphatic rings. The van der Waals surface area contributed by atoms with Crippen molar-refractivity contribution in [3.63, 3.8) is 0 Å². The van der Waals surface area contributed by atoms with Gasteiger partial charge in [-0.05, 0) is 30.3 Å². The summed E-state index contributed by atoms with van der Waals surface area (Å²) < 4.78 is 11.5. The predicted molar refractivity (Wildman–Crippen MR) is 117 cm³/mol. The molecule has 0 N–H and O–H groups in total. The Morgan fingerprint density at radius 2 is 1.86 bits per heavy atom. The lowest BCUT2D eigenvalue weighted by Gasteiger charge is -2.27. The number of aliphatic imine (C=N–C) groups is 1. The molecule has 4 rings (SSSR count). The zero-order chi connectivity index (χ0) is 20.4. The highest BCUT2D eigenvalue weighted by atomic mass is 35.5. The van der Waals surface area contributed by atoms with Gasteiger partial charge in [0.05, 0.1) is 35.7 Å². The summed E-state index contributed by atoms with van der Waals surface area (Å²) in [5, 5.41) is 1.42. The number of halogens is 3. The second-order valence-corrected chi connectivity index (χ2v) is 7.54. The predicted octanol–water partition coefficient (Wildman–Crippen LogP) is 6.31. The molecule has 0 amide bonds. The van der Waals surface area contributed by atoms with Crippen LogP contribution < -0.4 is 14.4 Å². The van der Waals surface area contributed by atoms with Gasteiger partial charge in [0.15, 0.2) is 11.5 Å². The minimum atomic E-state index is 0.334. The highest BCUT2D eigenvalue weighted by Gasteiger charge is 2.20. The van der Waals surface area contributed by atoms with E-state index in [-0.39, 0.29) is 0 Å². The molecule has 0 aliphatic carbocycles. The molecular weight excluding hydrogens is 433 g/mol. The van der Waals surface area contributed by atoms with Gasteiger partial charge in [-0.15, -0.1) is 0 Å². The standard InChI is InChI=1S/C21H16Cl3N3O2/c1-28-19-6-14-10-25-12-27(15-3-4-16(22)17(23)7-15)18(14)8-20(19)29-11-13-2-5-21(24)26-9-13/h2-9,12H,10-11H2,1H3. The molecule has 0 radical (unpaired) electrons. The molecule has 3 aromatic rings. The van der Waals surface area contributed by atoms with E-state index in [1.165, 1.54) is 0 Å². The van der Waals surface area contributed by atoms with Crippen LogP contribution in [0.15, 0.2) is 53.7 Å². The summed E-state index contributed by atoms with van der Waals surface area (Å²) in [5.41, 5.74) is 3.69. The second-order valence-electron chi connectivity index (χ2n) is 6.33. The Balaban J connectivity index is 1.67. The van der Waals surface area contributed by atoms with Crippen LogP contribution in [0.2, 0.25) is 15.2 Å². The molecule has 2 heterocycles. The van der Waals surface area contributed by atoms with Crippen LogP contribution in [0.4, 0.5) is 11.4 Å². The molecule has 5 nitrogen and oxygen atoms in total. The maximum Gasteiger partial charge on any atom is 0.163 e. The first kappa shape index (κ1) is 19.8. The Kier molecular flexibility index (Phi) is 5.81. The Hall–Kier alpha value is -2.47. The molecule has 29 heavy (non-hydrogen) atoms. The van der Waals surface area contributed by atoms with Crippen molar-refractivity contribution in [3.8, 4) is 11.5 Å². The Labute approximate surface area is 183 Å². The van der Waals surface area contributed by atoms with Gasteiger partial charge < -0.3 is 14.4 Å². The number of aromatic nitrogens is 1. The number of benzene rings is 2. The summed E-state index contributed by atoms with van der Waals surface area (Å²) in [7, 11) is 1.61. The number of rotatable bonds is 5. The molecule has 0 fully saturated rings. The van der Waals surface area contributed by atoms with Crippen molar-refractivity contribution in [1.82, 2.24) is 4.98 Å². The van der Waals surface area contributed by atoms with Crippen LogP contribution in [-0.2, 0) is 13.2 Å². The van der Waals surface area contributed by atoms with Crippen LogP contribution in [0.25, 0.3) is 0 Å². The van der Waals surface area contributed by atoms with Gasteiger partial charge in [0.1, 0.15) is 11.8 Å². The maximum atomic E-state index is 6.20. The van der Waals surface area contributed by atoms with E-state index in [0.29, 0.717) is 39.8 Å². The van der Waals surface area contributed by atoms with Gasteiger partial charge in [-0.2, -0.15) is 0 Å². The average Bonchev–Trinajstić information content (AvgIpc) is 2.74. The lowest BCUT2D eigenvalue weighted by atomic mass is 10.1. The Bertz CT molecular complexity index is 1070. The number of nitrogens with zero attached hydrogens (tertiary/aromatic N) is 3. The molecule has 0 atom stereocenters. The van der Waals surface area contributed by atoms with Gasteiger partial charge in [-0.1, -0.05) is 40.9 Å². The normalized spacial score (nSPS) is 12.6. The van der Waals surface area contributed by atoms with Gasteiger partial charge in [-0.25, -0.2) is 4.98 Å². The largest absolute Gasteiger partial charge is 0.493 e. The number of hydrogen-bond acceptors (Lipinski definition) is 5. The molecule has 1 aromatic heterocycles. The number of ether oxygens (including phenoxy) is 2. The summed E-state index contributed by atoms with van der Waals surface area (Å²) in [6.07, 6.45) is 3.45. The van der Waals surface area contributed by atoms with E-state index in [2.05, 4.69) is 9.98 Å². The van der Waals surface area contributed by atoms with E-state index in [0.717, 1.165) is 22.5 Å². The van der Waals surface area contributed by atoms with Crippen molar-refractivity contribution in [2.75, 3.05) is 12.0 Å². The Morgan fingerprint density at radius 3 is 2.59 bits per heavy atom. The molecule has 0 spiro atoms. The van der Waals surface area contributed by atoms with Crippen LogP contribution >= 0.6 is 34.8 Å². The molecule has 0 unspecified atom stereocenters. The fourth-order valence-corrected chi connectivity index (χ4v) is 3.40. The lowest BCUT2D eigenvalue weighted by Crippen LogP contribution is -2.20. The third-order valence-corrected chi connectivity index (χ3v) is 5.41. The van der Waals surface area contributed by atoms with Crippen LogP contribution in [0.3, 0.4) is 0 Å². The van der Waals surface area contributed by atoms with Crippen LogP contribution in [0, 0.1) is 0 Å². The van der Waals surface area contributed by atoms with E-state index < -0.39 is 0 Å². The van der Waals surface area contributed by atoms with Crippen molar-refractivity contribution in [3.05, 3.63) is 75.0 Å². The smallest absolute Gasteiger partial charge is 0.163 e. The summed E-state index contributed by atoms with van der Waals surface area (Å²) in [4.78, 5) is 10.5. The number of fused-ring (bicyclic) bond motifs is 1. The molecule has 2 aromatic carbocycles. The SMILES string of the molecule is COc1cc2c(cc1OCc1ccc(Cl)nc1)N(c1ccc(Cl)c(Cl)c1)C=NC2. The molecular formula is C21H16Cl3N3O2. The summed E-state index contributed by atoms with van der Waals surface area (Å²) in [6.45, 7) is 0.880. The minimum absolute atomic E-state index is 0.334. The topological polar surface area (TPSA) is 47.0 Å². The Morgan fingerprint density at radius 1 is 1.00 bits per heavy atom. The lowest BCUT2D eigenvalue weighted by molar-refractivity contribution is 0.284. The van der Waals surface area contributed by atoms with E-state index in [4.69, 9.17) is 44.3 Å². The first-order valence-electron chi connectivity index (χ1n) is 8.73. The van der Waals surface area contributed by atoms with Gasteiger partial charge in [0.25, 0.3) is 0 Å². The van der Waals surface area contributed by atoms with Crippen molar-refractivity contribution >= 4 is 52.5 Å². The number of anilines is 2. The monoisotopic (exact) mass is 447 g/mol. The average molecular weight is 449 g/mol. The van der Waals surface area contributed by atoms with Gasteiger partial charge in [-0.3, -0.25) is 4.99 Å². The molecule has 1 aliphatic heterocycles. The zero-order valence-corrected chi connectivity index (χ0v) is 17.7. The van der Waals surface area contributed by atoms with E-state index in [1.54, 1.807) is 37.8 Å². The quantitative estimate of drug-likeness (QED) is 0.429. The number of methoxy groups -OCH3 is 1. The van der Waals surface area contributed by atoms with Gasteiger partial charge >= 0.3 is 0 Å². The van der Waals surface area contributed by atoms with Gasteiger partial charge in [0.2, 0.25) is 0 Å². The second kappa shape index (κ2) is 8.49. The van der Waals surface area contributed by atoms with Crippen molar-refractivity contribution in [1.29, 1.82) is 0 Å². The van der Waals surface area contributed by atoms with E-state index in [9.17, 15) is 0 Å². The molecule has 0 saturated carbocycles. The van der Waals surface area contributed by atoms with E-state index >= 15 is 0 Å². The van der Waals surface area contributed by atoms with Crippen LogP contribution in [-0.4, -0.2) is 18.4 Å². The molecule has 148 valence electrons. The summed E-state index contributed by atoms with van der Waals surface area (Å²) in [6, 6.07) is 12.9.